The monoisotopic (exact) mass is 419 g/mol. The van der Waals surface area contributed by atoms with Crippen molar-refractivity contribution in [2.24, 2.45) is 0 Å². The van der Waals surface area contributed by atoms with Crippen molar-refractivity contribution in [3.63, 3.8) is 0 Å². The van der Waals surface area contributed by atoms with E-state index in [1.165, 1.54) is 16.7 Å². The van der Waals surface area contributed by atoms with Crippen molar-refractivity contribution in [3.05, 3.63) is 88.2 Å². The number of methoxy groups -OCH3 is 1. The third-order valence-corrected chi connectivity index (χ3v) is 6.06. The number of hydrogen-bond acceptors (Lipinski definition) is 5. The zero-order valence-corrected chi connectivity index (χ0v) is 17.8. The molecule has 0 spiro atoms. The topological polar surface area (TPSA) is 59.8 Å². The fourth-order valence-electron chi connectivity index (χ4n) is 3.37. The number of carbonyl (C=O) groups is 2. The average molecular weight is 420 g/mol. The van der Waals surface area contributed by atoms with Gasteiger partial charge in [-0.1, -0.05) is 24.3 Å². The molecule has 0 unspecified atom stereocenters. The predicted octanol–water partition coefficient (Wildman–Crippen LogP) is 5.12. The number of nitrogens with zero attached hydrogens (tertiary/aromatic N) is 1. The van der Waals surface area contributed by atoms with Crippen LogP contribution in [0.5, 0.6) is 5.75 Å². The summed E-state index contributed by atoms with van der Waals surface area (Å²) in [6.07, 6.45) is 1.60. The molecule has 0 saturated carbocycles. The van der Waals surface area contributed by atoms with Crippen LogP contribution in [0.15, 0.2) is 70.2 Å². The van der Waals surface area contributed by atoms with E-state index in [1.54, 1.807) is 43.7 Å². The molecule has 0 aliphatic carbocycles. The molecule has 30 heavy (non-hydrogen) atoms. The Bertz CT molecular complexity index is 1130. The fraction of sp³-hybridized carbons (Fsp3) is 0.167. The molecule has 0 radical (unpaired) electrons. The van der Waals surface area contributed by atoms with Crippen molar-refractivity contribution in [2.45, 2.75) is 19.6 Å². The Kier molecular flexibility index (Phi) is 5.50. The molecule has 0 bridgehead atoms. The maximum Gasteiger partial charge on any atom is 0.272 e. The highest BCUT2D eigenvalue weighted by atomic mass is 32.2. The minimum atomic E-state index is -0.319. The molecule has 1 aliphatic rings. The summed E-state index contributed by atoms with van der Waals surface area (Å²) in [6.45, 7) is 3.84. The van der Waals surface area contributed by atoms with E-state index in [-0.39, 0.29) is 11.8 Å². The summed E-state index contributed by atoms with van der Waals surface area (Å²) >= 11 is 1.32. The summed E-state index contributed by atoms with van der Waals surface area (Å²) in [6, 6.07) is 16.6. The molecule has 2 amide bonds. The van der Waals surface area contributed by atoms with Gasteiger partial charge in [0.25, 0.3) is 11.8 Å². The highest BCUT2D eigenvalue weighted by Crippen LogP contribution is 2.40. The average Bonchev–Trinajstić information content (AvgIpc) is 3.35. The van der Waals surface area contributed by atoms with Crippen molar-refractivity contribution in [1.29, 1.82) is 0 Å². The number of amides is 2. The van der Waals surface area contributed by atoms with Crippen molar-refractivity contribution >= 4 is 34.8 Å². The summed E-state index contributed by atoms with van der Waals surface area (Å²) < 4.78 is 10.6. The molecule has 6 heteroatoms. The molecule has 4 rings (SSSR count). The number of imide groups is 1. The molecule has 3 aromatic rings. The van der Waals surface area contributed by atoms with Crippen LogP contribution in [0.2, 0.25) is 0 Å². The van der Waals surface area contributed by atoms with Gasteiger partial charge in [-0.3, -0.25) is 9.59 Å². The summed E-state index contributed by atoms with van der Waals surface area (Å²) in [5.74, 6) is 1.26. The van der Waals surface area contributed by atoms with Crippen molar-refractivity contribution < 1.29 is 18.7 Å². The first-order valence-corrected chi connectivity index (χ1v) is 10.5. The van der Waals surface area contributed by atoms with E-state index >= 15 is 0 Å². The standard InChI is InChI=1S/C24H21NO4S/c1-15-6-7-16(2)20(13-15)25-23(26)21(17-8-10-18(28-3)11-9-17)22(24(25)27)30-14-19-5-4-12-29-19/h4-13H,14H2,1-3H3. The van der Waals surface area contributed by atoms with E-state index in [0.717, 1.165) is 16.9 Å². The van der Waals surface area contributed by atoms with Gasteiger partial charge in [0.05, 0.1) is 35.3 Å². The number of hydrogen-bond donors (Lipinski definition) is 0. The lowest BCUT2D eigenvalue weighted by atomic mass is 10.1. The maximum absolute atomic E-state index is 13.5. The molecule has 1 aliphatic heterocycles. The summed E-state index contributed by atoms with van der Waals surface area (Å²) in [5.41, 5.74) is 3.56. The molecule has 152 valence electrons. The third kappa shape index (κ3) is 3.66. The zero-order valence-electron chi connectivity index (χ0n) is 17.0. The Hall–Kier alpha value is -3.25. The van der Waals surface area contributed by atoms with Gasteiger partial charge in [-0.15, -0.1) is 11.8 Å². The number of carbonyl (C=O) groups excluding carboxylic acids is 2. The van der Waals surface area contributed by atoms with Gasteiger partial charge in [0, 0.05) is 0 Å². The van der Waals surface area contributed by atoms with Gasteiger partial charge in [-0.05, 0) is 60.9 Å². The molecule has 0 saturated heterocycles. The maximum atomic E-state index is 13.5. The van der Waals surface area contributed by atoms with E-state index in [0.29, 0.717) is 33.2 Å². The number of rotatable bonds is 6. The first-order valence-electron chi connectivity index (χ1n) is 9.49. The Morgan fingerprint density at radius 3 is 2.43 bits per heavy atom. The molecule has 2 heterocycles. The van der Waals surface area contributed by atoms with Crippen LogP contribution in [0.25, 0.3) is 5.57 Å². The quantitative estimate of drug-likeness (QED) is 0.519. The molecular weight excluding hydrogens is 398 g/mol. The number of benzene rings is 2. The van der Waals surface area contributed by atoms with Crippen LogP contribution < -0.4 is 9.64 Å². The Morgan fingerprint density at radius 1 is 1.00 bits per heavy atom. The van der Waals surface area contributed by atoms with Gasteiger partial charge < -0.3 is 9.15 Å². The van der Waals surface area contributed by atoms with E-state index in [9.17, 15) is 9.59 Å². The first-order chi connectivity index (χ1) is 14.5. The minimum absolute atomic E-state index is 0.309. The van der Waals surface area contributed by atoms with Crippen molar-refractivity contribution in [1.82, 2.24) is 0 Å². The first kappa shape index (κ1) is 20.0. The van der Waals surface area contributed by atoms with E-state index < -0.39 is 0 Å². The zero-order chi connectivity index (χ0) is 21.3. The number of anilines is 1. The molecule has 5 nitrogen and oxygen atoms in total. The lowest BCUT2D eigenvalue weighted by Crippen LogP contribution is -2.32. The van der Waals surface area contributed by atoms with E-state index in [1.807, 2.05) is 38.1 Å². The lowest BCUT2D eigenvalue weighted by molar-refractivity contribution is -0.119. The van der Waals surface area contributed by atoms with Crippen LogP contribution >= 0.6 is 11.8 Å². The molecule has 1 aromatic heterocycles. The van der Waals surface area contributed by atoms with Crippen molar-refractivity contribution in [2.75, 3.05) is 12.0 Å². The van der Waals surface area contributed by atoms with Crippen LogP contribution in [0, 0.1) is 13.8 Å². The molecule has 0 atom stereocenters. The van der Waals surface area contributed by atoms with E-state index in [4.69, 9.17) is 9.15 Å². The fourth-order valence-corrected chi connectivity index (χ4v) is 4.39. The highest BCUT2D eigenvalue weighted by molar-refractivity contribution is 8.03. The van der Waals surface area contributed by atoms with Gasteiger partial charge in [0.2, 0.25) is 0 Å². The second kappa shape index (κ2) is 8.24. The summed E-state index contributed by atoms with van der Waals surface area (Å²) in [7, 11) is 1.59. The van der Waals surface area contributed by atoms with Gasteiger partial charge in [0.1, 0.15) is 11.5 Å². The minimum Gasteiger partial charge on any atom is -0.497 e. The van der Waals surface area contributed by atoms with Crippen LogP contribution in [-0.2, 0) is 15.3 Å². The van der Waals surface area contributed by atoms with Crippen LogP contribution in [-0.4, -0.2) is 18.9 Å². The van der Waals surface area contributed by atoms with Crippen LogP contribution in [0.4, 0.5) is 5.69 Å². The second-order valence-corrected chi connectivity index (χ2v) is 8.02. The Balaban J connectivity index is 1.77. The molecule has 0 N–H and O–H groups in total. The summed E-state index contributed by atoms with van der Waals surface area (Å²) in [4.78, 5) is 28.6. The SMILES string of the molecule is COc1ccc(C2=C(SCc3ccco3)C(=O)N(c3cc(C)ccc3C)C2=O)cc1. The van der Waals surface area contributed by atoms with Crippen molar-refractivity contribution in [3.8, 4) is 5.75 Å². The Morgan fingerprint density at radius 2 is 1.77 bits per heavy atom. The van der Waals surface area contributed by atoms with Crippen LogP contribution in [0.3, 0.4) is 0 Å². The van der Waals surface area contributed by atoms with Gasteiger partial charge in [0.15, 0.2) is 0 Å². The molecular formula is C24H21NO4S. The Labute approximate surface area is 179 Å². The van der Waals surface area contributed by atoms with E-state index in [2.05, 4.69) is 0 Å². The third-order valence-electron chi connectivity index (χ3n) is 4.96. The number of furan rings is 1. The predicted molar refractivity (Wildman–Crippen MR) is 118 cm³/mol. The van der Waals surface area contributed by atoms with Gasteiger partial charge in [-0.2, -0.15) is 0 Å². The summed E-state index contributed by atoms with van der Waals surface area (Å²) in [5, 5.41) is 0. The molecule has 2 aromatic carbocycles. The van der Waals surface area contributed by atoms with Crippen LogP contribution in [0.1, 0.15) is 22.5 Å². The lowest BCUT2D eigenvalue weighted by Gasteiger charge is -2.18. The number of ether oxygens (including phenoxy) is 1. The number of aryl methyl sites for hydroxylation is 2. The van der Waals surface area contributed by atoms with Gasteiger partial charge >= 0.3 is 0 Å². The molecule has 0 fully saturated rings. The smallest absolute Gasteiger partial charge is 0.272 e. The largest absolute Gasteiger partial charge is 0.497 e. The highest BCUT2D eigenvalue weighted by Gasteiger charge is 2.40. The van der Waals surface area contributed by atoms with Gasteiger partial charge in [-0.25, -0.2) is 4.90 Å². The number of thioether (sulfide) groups is 1. The normalized spacial score (nSPS) is 14.0. The second-order valence-electron chi connectivity index (χ2n) is 7.04.